The summed E-state index contributed by atoms with van der Waals surface area (Å²) >= 11 is 0. The van der Waals surface area contributed by atoms with E-state index in [0.717, 1.165) is 49.5 Å². The molecule has 1 aromatic rings. The predicted octanol–water partition coefficient (Wildman–Crippen LogP) is 1.64. The Bertz CT molecular complexity index is 428. The average molecular weight is 261 g/mol. The second-order valence-electron chi connectivity index (χ2n) is 6.51. The van der Waals surface area contributed by atoms with E-state index in [4.69, 9.17) is 10.7 Å². The van der Waals surface area contributed by atoms with Crippen LogP contribution >= 0.6 is 0 Å². The Hall–Kier alpha value is -1.10. The molecule has 4 rings (SSSR count). The highest BCUT2D eigenvalue weighted by Crippen LogP contribution is 2.60. The number of nitrogens with one attached hydrogen (secondary N) is 1. The van der Waals surface area contributed by atoms with Crippen LogP contribution in [0.3, 0.4) is 0 Å². The van der Waals surface area contributed by atoms with Gasteiger partial charge < -0.3 is 10.6 Å². The molecule has 5 nitrogen and oxygen atoms in total. The molecule has 19 heavy (non-hydrogen) atoms. The monoisotopic (exact) mass is 261 g/mol. The zero-order valence-electron chi connectivity index (χ0n) is 11.4. The number of hydrogen-bond acceptors (Lipinski definition) is 4. The van der Waals surface area contributed by atoms with Crippen LogP contribution in [0, 0.1) is 11.8 Å². The van der Waals surface area contributed by atoms with E-state index in [-0.39, 0.29) is 6.04 Å². The SMILES string of the molecule is NC1CCCN(c2n[nH]c(C3C4CCCCC43)n2)C1. The maximum absolute atomic E-state index is 6.03. The van der Waals surface area contributed by atoms with Gasteiger partial charge in [-0.1, -0.05) is 12.8 Å². The Morgan fingerprint density at radius 1 is 1.11 bits per heavy atom. The second-order valence-corrected chi connectivity index (χ2v) is 6.51. The molecule has 3 unspecified atom stereocenters. The minimum absolute atomic E-state index is 0.277. The number of aromatic nitrogens is 3. The van der Waals surface area contributed by atoms with Gasteiger partial charge in [0.15, 0.2) is 0 Å². The zero-order chi connectivity index (χ0) is 12.8. The number of fused-ring (bicyclic) bond motifs is 1. The molecule has 2 aliphatic carbocycles. The molecule has 2 heterocycles. The normalized spacial score (nSPS) is 38.1. The molecule has 1 saturated heterocycles. The van der Waals surface area contributed by atoms with Crippen LogP contribution in [-0.4, -0.2) is 34.3 Å². The van der Waals surface area contributed by atoms with Gasteiger partial charge in [0.05, 0.1) is 0 Å². The van der Waals surface area contributed by atoms with Gasteiger partial charge in [-0.05, 0) is 37.5 Å². The summed E-state index contributed by atoms with van der Waals surface area (Å²) in [6, 6.07) is 0.277. The minimum Gasteiger partial charge on any atom is -0.338 e. The molecule has 1 aromatic heterocycles. The highest BCUT2D eigenvalue weighted by molar-refractivity contribution is 5.32. The van der Waals surface area contributed by atoms with E-state index < -0.39 is 0 Å². The fourth-order valence-corrected chi connectivity index (χ4v) is 4.15. The van der Waals surface area contributed by atoms with E-state index in [1.165, 1.54) is 25.7 Å². The Balaban J connectivity index is 1.48. The van der Waals surface area contributed by atoms with Crippen molar-refractivity contribution in [1.29, 1.82) is 0 Å². The summed E-state index contributed by atoms with van der Waals surface area (Å²) in [5, 5.41) is 7.62. The summed E-state index contributed by atoms with van der Waals surface area (Å²) in [5.74, 6) is 4.44. The number of H-pyrrole nitrogens is 1. The van der Waals surface area contributed by atoms with Crippen molar-refractivity contribution in [2.24, 2.45) is 17.6 Å². The lowest BCUT2D eigenvalue weighted by Crippen LogP contribution is -2.43. The summed E-state index contributed by atoms with van der Waals surface area (Å²) in [6.07, 6.45) is 7.86. The summed E-state index contributed by atoms with van der Waals surface area (Å²) in [7, 11) is 0. The summed E-state index contributed by atoms with van der Waals surface area (Å²) < 4.78 is 0. The Morgan fingerprint density at radius 3 is 2.63 bits per heavy atom. The van der Waals surface area contributed by atoms with Crippen molar-refractivity contribution in [2.45, 2.75) is 50.5 Å². The number of rotatable bonds is 2. The van der Waals surface area contributed by atoms with Crippen molar-refractivity contribution < 1.29 is 0 Å². The molecule has 1 aliphatic heterocycles. The van der Waals surface area contributed by atoms with Gasteiger partial charge in [0.25, 0.3) is 0 Å². The molecule has 0 spiro atoms. The van der Waals surface area contributed by atoms with Gasteiger partial charge in [0, 0.05) is 25.0 Å². The molecule has 3 fully saturated rings. The van der Waals surface area contributed by atoms with Gasteiger partial charge in [0.2, 0.25) is 5.95 Å². The molecule has 0 bridgehead atoms. The number of hydrogen-bond donors (Lipinski definition) is 2. The van der Waals surface area contributed by atoms with E-state index in [1.807, 2.05) is 0 Å². The van der Waals surface area contributed by atoms with Crippen LogP contribution in [0.4, 0.5) is 5.95 Å². The van der Waals surface area contributed by atoms with Crippen molar-refractivity contribution in [2.75, 3.05) is 18.0 Å². The number of anilines is 1. The van der Waals surface area contributed by atoms with Crippen molar-refractivity contribution >= 4 is 5.95 Å². The number of nitrogens with zero attached hydrogens (tertiary/aromatic N) is 3. The van der Waals surface area contributed by atoms with Gasteiger partial charge in [0.1, 0.15) is 5.82 Å². The topological polar surface area (TPSA) is 70.8 Å². The Morgan fingerprint density at radius 2 is 1.89 bits per heavy atom. The van der Waals surface area contributed by atoms with E-state index in [1.54, 1.807) is 0 Å². The molecule has 3 aliphatic rings. The molecule has 0 amide bonds. The number of piperidine rings is 1. The standard InChI is InChI=1S/C14H23N5/c15-9-4-3-7-19(8-9)14-16-13(17-18-14)12-10-5-1-2-6-11(10)12/h9-12H,1-8,15H2,(H,16,17,18). The summed E-state index contributed by atoms with van der Waals surface area (Å²) in [5.41, 5.74) is 6.03. The zero-order valence-corrected chi connectivity index (χ0v) is 11.4. The van der Waals surface area contributed by atoms with Gasteiger partial charge >= 0.3 is 0 Å². The van der Waals surface area contributed by atoms with E-state index >= 15 is 0 Å². The van der Waals surface area contributed by atoms with E-state index in [0.29, 0.717) is 5.92 Å². The third kappa shape index (κ3) is 2.04. The van der Waals surface area contributed by atoms with Crippen LogP contribution in [-0.2, 0) is 0 Å². The molecule has 104 valence electrons. The summed E-state index contributed by atoms with van der Waals surface area (Å²) in [4.78, 5) is 6.99. The van der Waals surface area contributed by atoms with Crippen LogP contribution < -0.4 is 10.6 Å². The fraction of sp³-hybridized carbons (Fsp3) is 0.857. The molecule has 3 N–H and O–H groups in total. The first-order valence-electron chi connectivity index (χ1n) is 7.76. The maximum Gasteiger partial charge on any atom is 0.244 e. The largest absolute Gasteiger partial charge is 0.338 e. The molecular formula is C14H23N5. The Labute approximate surface area is 114 Å². The smallest absolute Gasteiger partial charge is 0.244 e. The molecular weight excluding hydrogens is 238 g/mol. The quantitative estimate of drug-likeness (QED) is 0.849. The van der Waals surface area contributed by atoms with E-state index in [9.17, 15) is 0 Å². The average Bonchev–Trinajstić information content (AvgIpc) is 2.96. The van der Waals surface area contributed by atoms with Crippen molar-refractivity contribution in [1.82, 2.24) is 15.2 Å². The lowest BCUT2D eigenvalue weighted by Gasteiger charge is -2.29. The third-order valence-corrected chi connectivity index (χ3v) is 5.20. The number of aromatic amines is 1. The third-order valence-electron chi connectivity index (χ3n) is 5.20. The lowest BCUT2D eigenvalue weighted by atomic mass is 10.0. The van der Waals surface area contributed by atoms with Crippen LogP contribution in [0.5, 0.6) is 0 Å². The first kappa shape index (κ1) is 11.7. The Kier molecular flexibility index (Phi) is 2.76. The van der Waals surface area contributed by atoms with Crippen LogP contribution in [0.2, 0.25) is 0 Å². The fourth-order valence-electron chi connectivity index (χ4n) is 4.15. The van der Waals surface area contributed by atoms with Crippen molar-refractivity contribution in [3.8, 4) is 0 Å². The lowest BCUT2D eigenvalue weighted by molar-refractivity contribution is 0.480. The summed E-state index contributed by atoms with van der Waals surface area (Å²) in [6.45, 7) is 1.94. The van der Waals surface area contributed by atoms with Gasteiger partial charge in [-0.15, -0.1) is 5.10 Å². The van der Waals surface area contributed by atoms with E-state index in [2.05, 4.69) is 15.1 Å². The second kappa shape index (κ2) is 4.47. The van der Waals surface area contributed by atoms with Gasteiger partial charge in [-0.3, -0.25) is 5.10 Å². The van der Waals surface area contributed by atoms with Crippen molar-refractivity contribution in [3.05, 3.63) is 5.82 Å². The first-order valence-corrected chi connectivity index (χ1v) is 7.76. The molecule has 5 heteroatoms. The highest BCUT2D eigenvalue weighted by atomic mass is 15.4. The molecule has 0 aromatic carbocycles. The molecule has 3 atom stereocenters. The molecule has 2 saturated carbocycles. The van der Waals surface area contributed by atoms with Crippen LogP contribution in [0.15, 0.2) is 0 Å². The maximum atomic E-state index is 6.03. The number of nitrogens with two attached hydrogens (primary N) is 1. The van der Waals surface area contributed by atoms with Crippen LogP contribution in [0.25, 0.3) is 0 Å². The highest BCUT2D eigenvalue weighted by Gasteiger charge is 2.53. The minimum atomic E-state index is 0.277. The van der Waals surface area contributed by atoms with Gasteiger partial charge in [-0.25, -0.2) is 0 Å². The predicted molar refractivity (Wildman–Crippen MR) is 74.0 cm³/mol. The molecule has 0 radical (unpaired) electrons. The van der Waals surface area contributed by atoms with Crippen molar-refractivity contribution in [3.63, 3.8) is 0 Å². The van der Waals surface area contributed by atoms with Gasteiger partial charge in [-0.2, -0.15) is 4.98 Å². The first-order chi connectivity index (χ1) is 9.33. The van der Waals surface area contributed by atoms with Crippen LogP contribution in [0.1, 0.15) is 50.3 Å².